The maximum atomic E-state index is 12.8. The maximum Gasteiger partial charge on any atom is 0.251 e. The predicted molar refractivity (Wildman–Crippen MR) is 142 cm³/mol. The Morgan fingerprint density at radius 1 is 1.14 bits per heavy atom. The monoisotopic (exact) mass is 472 g/mol. The number of carbonyl (C=O) groups excluding carboxylic acids is 1. The van der Waals surface area contributed by atoms with Crippen molar-refractivity contribution in [2.75, 3.05) is 17.6 Å². The molecule has 1 aliphatic rings. The molecule has 7 nitrogen and oxygen atoms in total. The van der Waals surface area contributed by atoms with Gasteiger partial charge in [0.05, 0.1) is 11.2 Å². The maximum absolute atomic E-state index is 12.8. The molecule has 0 radical (unpaired) electrons. The summed E-state index contributed by atoms with van der Waals surface area (Å²) in [7, 11) is 0. The Balaban J connectivity index is 1.49. The third-order valence-corrected chi connectivity index (χ3v) is 6.92. The zero-order chi connectivity index (χ0) is 25.3. The Morgan fingerprint density at radius 2 is 1.86 bits per heavy atom. The number of rotatable bonds is 7. The van der Waals surface area contributed by atoms with Crippen LogP contribution >= 0.6 is 0 Å². The first-order chi connectivity index (χ1) is 16.6. The number of nitrogen functional groups attached to an aromatic ring is 1. The van der Waals surface area contributed by atoms with Gasteiger partial charge in [-0.1, -0.05) is 13.0 Å². The number of nitrogens with zero attached hydrogens (tertiary/aromatic N) is 3. The molecule has 7 heteroatoms. The van der Waals surface area contributed by atoms with E-state index in [1.54, 1.807) is 12.1 Å². The van der Waals surface area contributed by atoms with Crippen LogP contribution in [0.1, 0.15) is 65.5 Å². The van der Waals surface area contributed by atoms with Crippen molar-refractivity contribution in [3.63, 3.8) is 0 Å². The first-order valence-corrected chi connectivity index (χ1v) is 12.2. The number of hydrogen-bond acceptors (Lipinski definition) is 6. The summed E-state index contributed by atoms with van der Waals surface area (Å²) < 4.78 is 0. The normalized spacial score (nSPS) is 15.5. The fourth-order valence-electron chi connectivity index (χ4n) is 5.00. The van der Waals surface area contributed by atoms with Crippen molar-refractivity contribution in [2.24, 2.45) is 0 Å². The molecule has 0 spiro atoms. The minimum Gasteiger partial charge on any atom is -0.399 e. The summed E-state index contributed by atoms with van der Waals surface area (Å²) in [5, 5.41) is 6.49. The molecule has 2 aromatic carbocycles. The van der Waals surface area contributed by atoms with Crippen molar-refractivity contribution in [1.82, 2.24) is 20.2 Å². The Labute approximate surface area is 208 Å². The molecule has 4 N–H and O–H groups in total. The second-order valence-corrected chi connectivity index (χ2v) is 10.1. The number of aryl methyl sites for hydroxylation is 3. The van der Waals surface area contributed by atoms with Crippen molar-refractivity contribution in [3.8, 4) is 0 Å². The number of nitrogens with one attached hydrogen (secondary N) is 2. The van der Waals surface area contributed by atoms with Crippen LogP contribution in [0.25, 0.3) is 0 Å². The second-order valence-electron chi connectivity index (χ2n) is 10.1. The molecule has 0 saturated heterocycles. The largest absolute Gasteiger partial charge is 0.399 e. The van der Waals surface area contributed by atoms with E-state index in [1.165, 1.54) is 11.1 Å². The molecule has 4 rings (SSSR count). The highest BCUT2D eigenvalue weighted by Crippen LogP contribution is 2.39. The highest BCUT2D eigenvalue weighted by atomic mass is 16.1. The summed E-state index contributed by atoms with van der Waals surface area (Å²) in [6.07, 6.45) is 2.83. The molecule has 1 aliphatic heterocycles. The van der Waals surface area contributed by atoms with Gasteiger partial charge in [0.25, 0.3) is 5.91 Å². The molecular weight excluding hydrogens is 436 g/mol. The van der Waals surface area contributed by atoms with Gasteiger partial charge in [-0.2, -0.15) is 0 Å². The van der Waals surface area contributed by atoms with Crippen LogP contribution in [0.15, 0.2) is 42.6 Å². The van der Waals surface area contributed by atoms with Crippen LogP contribution in [0.5, 0.6) is 0 Å². The molecule has 0 fully saturated rings. The van der Waals surface area contributed by atoms with Gasteiger partial charge in [0.2, 0.25) is 5.95 Å². The van der Waals surface area contributed by atoms with Gasteiger partial charge >= 0.3 is 0 Å². The Bertz CT molecular complexity index is 1230. The van der Waals surface area contributed by atoms with Gasteiger partial charge in [-0.3, -0.25) is 9.69 Å². The topological polar surface area (TPSA) is 96.2 Å². The molecular formula is C28H36N6O. The van der Waals surface area contributed by atoms with E-state index in [4.69, 9.17) is 10.7 Å². The smallest absolute Gasteiger partial charge is 0.251 e. The number of anilines is 3. The van der Waals surface area contributed by atoms with E-state index >= 15 is 0 Å². The van der Waals surface area contributed by atoms with Gasteiger partial charge in [0, 0.05) is 47.8 Å². The number of benzene rings is 2. The Hall–Kier alpha value is -3.45. The van der Waals surface area contributed by atoms with Gasteiger partial charge in [-0.25, -0.2) is 9.97 Å². The second kappa shape index (κ2) is 9.66. The summed E-state index contributed by atoms with van der Waals surface area (Å²) >= 11 is 0. The van der Waals surface area contributed by atoms with E-state index in [0.717, 1.165) is 35.5 Å². The zero-order valence-electron chi connectivity index (χ0n) is 21.6. The van der Waals surface area contributed by atoms with Crippen molar-refractivity contribution in [3.05, 3.63) is 76.1 Å². The van der Waals surface area contributed by atoms with Gasteiger partial charge in [0.15, 0.2) is 0 Å². The van der Waals surface area contributed by atoms with Crippen LogP contribution in [-0.4, -0.2) is 33.4 Å². The fourth-order valence-corrected chi connectivity index (χ4v) is 5.00. The van der Waals surface area contributed by atoms with Gasteiger partial charge in [0.1, 0.15) is 0 Å². The first-order valence-electron chi connectivity index (χ1n) is 12.2. The van der Waals surface area contributed by atoms with Gasteiger partial charge < -0.3 is 16.4 Å². The fraction of sp³-hybridized carbons (Fsp3) is 0.393. The average molecular weight is 473 g/mol. The molecule has 35 heavy (non-hydrogen) atoms. The highest BCUT2D eigenvalue weighted by molar-refractivity contribution is 5.94. The minimum absolute atomic E-state index is 0.0826. The molecule has 1 amide bonds. The third-order valence-electron chi connectivity index (χ3n) is 6.92. The number of fused-ring (bicyclic) bond motifs is 1. The lowest BCUT2D eigenvalue weighted by molar-refractivity contribution is 0.0696. The molecule has 0 bridgehead atoms. The van der Waals surface area contributed by atoms with Crippen LogP contribution in [0.3, 0.4) is 0 Å². The highest BCUT2D eigenvalue weighted by Gasteiger charge is 2.42. The van der Waals surface area contributed by atoms with Crippen molar-refractivity contribution in [1.29, 1.82) is 0 Å². The lowest BCUT2D eigenvalue weighted by atomic mass is 9.98. The van der Waals surface area contributed by atoms with Crippen LogP contribution < -0.4 is 16.4 Å². The molecule has 1 atom stereocenters. The lowest BCUT2D eigenvalue weighted by Gasteiger charge is -2.38. The van der Waals surface area contributed by atoms with Crippen LogP contribution in [-0.2, 0) is 12.1 Å². The minimum atomic E-state index is -0.291. The number of carbonyl (C=O) groups is 1. The van der Waals surface area contributed by atoms with Gasteiger partial charge in [-0.05, 0) is 88.1 Å². The summed E-state index contributed by atoms with van der Waals surface area (Å²) in [6, 6.07) is 11.9. The van der Waals surface area contributed by atoms with E-state index in [0.29, 0.717) is 23.7 Å². The first kappa shape index (κ1) is 24.7. The van der Waals surface area contributed by atoms with Crippen molar-refractivity contribution >= 4 is 23.2 Å². The molecule has 0 saturated carbocycles. The van der Waals surface area contributed by atoms with E-state index in [2.05, 4.69) is 73.3 Å². The zero-order valence-corrected chi connectivity index (χ0v) is 21.6. The summed E-state index contributed by atoms with van der Waals surface area (Å²) in [5.74, 6) is 0.518. The van der Waals surface area contributed by atoms with Crippen LogP contribution in [0, 0.1) is 20.8 Å². The summed E-state index contributed by atoms with van der Waals surface area (Å²) in [5.41, 5.74) is 13.4. The quantitative estimate of drug-likeness (QED) is 0.420. The lowest BCUT2D eigenvalue weighted by Crippen LogP contribution is -2.48. The summed E-state index contributed by atoms with van der Waals surface area (Å²) in [4.78, 5) is 24.7. The number of nitrogens with two attached hydrogens (primary N) is 1. The van der Waals surface area contributed by atoms with Gasteiger partial charge in [-0.15, -0.1) is 0 Å². The van der Waals surface area contributed by atoms with Crippen molar-refractivity contribution < 1.29 is 4.79 Å². The molecule has 1 aromatic heterocycles. The van der Waals surface area contributed by atoms with Crippen LogP contribution in [0.4, 0.5) is 17.3 Å². The number of aromatic nitrogens is 2. The van der Waals surface area contributed by atoms with E-state index < -0.39 is 0 Å². The van der Waals surface area contributed by atoms with Crippen LogP contribution in [0.2, 0.25) is 0 Å². The standard InChI is InChI=1S/C28H36N6O/c1-7-23(15-30-26(35)20-8-9-24(29)19(4)13-20)34-16-21-14-31-27(33-25(21)28(34,5)6)32-22-11-17(2)10-18(3)12-22/h8-14,23H,7,15-16,29H2,1-6H3,(H,30,35)(H,31,32,33). The molecule has 2 heterocycles. The van der Waals surface area contributed by atoms with Crippen molar-refractivity contribution in [2.45, 2.75) is 66.1 Å². The molecule has 184 valence electrons. The molecule has 3 aromatic rings. The predicted octanol–water partition coefficient (Wildman–Crippen LogP) is 4.99. The molecule has 0 aliphatic carbocycles. The number of hydrogen-bond donors (Lipinski definition) is 3. The Kier molecular flexibility index (Phi) is 6.81. The number of amides is 1. The average Bonchev–Trinajstić information content (AvgIpc) is 3.05. The molecule has 1 unspecified atom stereocenters. The van der Waals surface area contributed by atoms with E-state index in [-0.39, 0.29) is 17.5 Å². The summed E-state index contributed by atoms with van der Waals surface area (Å²) in [6.45, 7) is 13.9. The third kappa shape index (κ3) is 5.15. The SMILES string of the molecule is CCC(CNC(=O)c1ccc(N)c(C)c1)N1Cc2cnc(Nc3cc(C)cc(C)c3)nc2C1(C)C. The Morgan fingerprint density at radius 3 is 2.51 bits per heavy atom. The van der Waals surface area contributed by atoms with E-state index in [1.807, 2.05) is 19.2 Å². The van der Waals surface area contributed by atoms with E-state index in [9.17, 15) is 4.79 Å².